The molecule has 3 N–H and O–H groups in total. The largest absolute Gasteiger partial charge is 0.508 e. The molecular formula is C12H11NO2S. The van der Waals surface area contributed by atoms with Crippen LogP contribution in [0.25, 0.3) is 10.4 Å². The Bertz CT molecular complexity index is 546. The van der Waals surface area contributed by atoms with Crippen LogP contribution >= 0.6 is 11.3 Å². The molecule has 0 bridgehead atoms. The van der Waals surface area contributed by atoms with Gasteiger partial charge in [0.1, 0.15) is 5.75 Å². The first-order valence-corrected chi connectivity index (χ1v) is 5.59. The highest BCUT2D eigenvalue weighted by molar-refractivity contribution is 7.15. The normalized spacial score (nSPS) is 10.3. The number of benzene rings is 1. The highest BCUT2D eigenvalue weighted by Crippen LogP contribution is 2.33. The summed E-state index contributed by atoms with van der Waals surface area (Å²) in [6.45, 7) is 1.92. The van der Waals surface area contributed by atoms with Gasteiger partial charge >= 0.3 is 0 Å². The van der Waals surface area contributed by atoms with Gasteiger partial charge in [-0.1, -0.05) is 12.1 Å². The first-order valence-electron chi connectivity index (χ1n) is 4.77. The fourth-order valence-corrected chi connectivity index (χ4v) is 2.57. The van der Waals surface area contributed by atoms with Crippen molar-refractivity contribution in [1.82, 2.24) is 0 Å². The number of nitrogens with two attached hydrogens (primary N) is 1. The minimum absolute atomic E-state index is 0.180. The average molecular weight is 233 g/mol. The molecule has 1 amide bonds. The van der Waals surface area contributed by atoms with E-state index in [0.29, 0.717) is 5.56 Å². The van der Waals surface area contributed by atoms with E-state index in [1.165, 1.54) is 11.3 Å². The Kier molecular flexibility index (Phi) is 2.66. The van der Waals surface area contributed by atoms with Gasteiger partial charge in [-0.15, -0.1) is 11.3 Å². The second-order valence-corrected chi connectivity index (χ2v) is 4.77. The highest BCUT2D eigenvalue weighted by atomic mass is 32.1. The first-order chi connectivity index (χ1) is 7.58. The molecule has 1 heterocycles. The lowest BCUT2D eigenvalue weighted by atomic mass is 10.1. The van der Waals surface area contributed by atoms with E-state index >= 15 is 0 Å². The number of phenolic OH excluding ortho intramolecular Hbond substituents is 1. The number of hydrogen-bond donors (Lipinski definition) is 2. The Hall–Kier alpha value is -1.81. The smallest absolute Gasteiger partial charge is 0.250 e. The summed E-state index contributed by atoms with van der Waals surface area (Å²) in [5.74, 6) is -0.262. The molecule has 0 aliphatic heterocycles. The van der Waals surface area contributed by atoms with Crippen LogP contribution in [-0.2, 0) is 0 Å². The summed E-state index contributed by atoms with van der Waals surface area (Å²) in [4.78, 5) is 13.1. The maximum atomic E-state index is 11.3. The van der Waals surface area contributed by atoms with Gasteiger partial charge in [0.25, 0.3) is 0 Å². The van der Waals surface area contributed by atoms with Gasteiger partial charge in [0.05, 0.1) is 5.56 Å². The zero-order chi connectivity index (χ0) is 11.7. The number of aryl methyl sites for hydroxylation is 1. The van der Waals surface area contributed by atoms with Crippen molar-refractivity contribution in [2.45, 2.75) is 6.92 Å². The van der Waals surface area contributed by atoms with Crippen molar-refractivity contribution >= 4 is 17.2 Å². The molecule has 0 spiro atoms. The number of rotatable bonds is 2. The van der Waals surface area contributed by atoms with Crippen molar-refractivity contribution in [3.8, 4) is 16.2 Å². The lowest BCUT2D eigenvalue weighted by Crippen LogP contribution is -2.10. The quantitative estimate of drug-likeness (QED) is 0.837. The van der Waals surface area contributed by atoms with Gasteiger partial charge in [-0.3, -0.25) is 4.79 Å². The summed E-state index contributed by atoms with van der Waals surface area (Å²) in [5.41, 5.74) is 6.63. The molecule has 0 radical (unpaired) electrons. The Morgan fingerprint density at radius 3 is 2.75 bits per heavy atom. The monoisotopic (exact) mass is 233 g/mol. The van der Waals surface area contributed by atoms with E-state index in [9.17, 15) is 9.90 Å². The summed E-state index contributed by atoms with van der Waals surface area (Å²) in [7, 11) is 0. The molecule has 16 heavy (non-hydrogen) atoms. The summed E-state index contributed by atoms with van der Waals surface area (Å²) < 4.78 is 0. The SMILES string of the molecule is Cc1cc(C(N)=O)c(-c2cccc(O)c2)s1. The van der Waals surface area contributed by atoms with Crippen molar-refractivity contribution in [3.05, 3.63) is 40.8 Å². The Morgan fingerprint density at radius 2 is 2.12 bits per heavy atom. The third kappa shape index (κ3) is 1.92. The van der Waals surface area contributed by atoms with Crippen LogP contribution in [0, 0.1) is 6.92 Å². The van der Waals surface area contributed by atoms with E-state index in [2.05, 4.69) is 0 Å². The van der Waals surface area contributed by atoms with Gasteiger partial charge in [-0.2, -0.15) is 0 Å². The van der Waals surface area contributed by atoms with Crippen molar-refractivity contribution in [2.75, 3.05) is 0 Å². The summed E-state index contributed by atoms with van der Waals surface area (Å²) >= 11 is 1.49. The molecule has 2 rings (SSSR count). The lowest BCUT2D eigenvalue weighted by molar-refractivity contribution is 0.100. The van der Waals surface area contributed by atoms with Gasteiger partial charge in [0, 0.05) is 9.75 Å². The number of carbonyl (C=O) groups excluding carboxylic acids is 1. The average Bonchev–Trinajstić information content (AvgIpc) is 2.60. The Morgan fingerprint density at radius 1 is 1.38 bits per heavy atom. The third-order valence-corrected chi connectivity index (χ3v) is 3.33. The molecule has 1 aromatic carbocycles. The maximum absolute atomic E-state index is 11.3. The van der Waals surface area contributed by atoms with Gasteiger partial charge in [0.15, 0.2) is 0 Å². The topological polar surface area (TPSA) is 63.3 Å². The maximum Gasteiger partial charge on any atom is 0.250 e. The van der Waals surface area contributed by atoms with E-state index in [-0.39, 0.29) is 5.75 Å². The fraction of sp³-hybridized carbons (Fsp3) is 0.0833. The van der Waals surface area contributed by atoms with Gasteiger partial charge in [-0.25, -0.2) is 0 Å². The second kappa shape index (κ2) is 3.98. The molecule has 0 unspecified atom stereocenters. The summed E-state index contributed by atoms with van der Waals surface area (Å²) in [5, 5.41) is 9.40. The van der Waals surface area contributed by atoms with E-state index in [1.807, 2.05) is 13.0 Å². The van der Waals surface area contributed by atoms with Crippen LogP contribution in [0.15, 0.2) is 30.3 Å². The van der Waals surface area contributed by atoms with Crippen molar-refractivity contribution in [1.29, 1.82) is 0 Å². The molecule has 0 saturated carbocycles. The van der Waals surface area contributed by atoms with E-state index in [0.717, 1.165) is 15.3 Å². The van der Waals surface area contributed by atoms with Crippen LogP contribution in [0.3, 0.4) is 0 Å². The van der Waals surface area contributed by atoms with Crippen molar-refractivity contribution < 1.29 is 9.90 Å². The van der Waals surface area contributed by atoms with Crippen LogP contribution in [0.1, 0.15) is 15.2 Å². The summed E-state index contributed by atoms with van der Waals surface area (Å²) in [6.07, 6.45) is 0. The molecule has 0 fully saturated rings. The molecule has 3 nitrogen and oxygen atoms in total. The number of amides is 1. The molecule has 0 aliphatic carbocycles. The molecule has 0 atom stereocenters. The number of thiophene rings is 1. The molecule has 2 aromatic rings. The molecular weight excluding hydrogens is 222 g/mol. The van der Waals surface area contributed by atoms with Crippen LogP contribution in [0.4, 0.5) is 0 Å². The fourth-order valence-electron chi connectivity index (χ4n) is 1.56. The number of carbonyl (C=O) groups is 1. The minimum atomic E-state index is -0.442. The molecule has 0 saturated heterocycles. The number of primary amides is 1. The third-order valence-electron chi connectivity index (χ3n) is 2.23. The van der Waals surface area contributed by atoms with E-state index < -0.39 is 5.91 Å². The van der Waals surface area contributed by atoms with Crippen molar-refractivity contribution in [2.24, 2.45) is 5.73 Å². The minimum Gasteiger partial charge on any atom is -0.508 e. The zero-order valence-corrected chi connectivity index (χ0v) is 9.54. The standard InChI is InChI=1S/C12H11NO2S/c1-7-5-10(12(13)15)11(16-7)8-3-2-4-9(14)6-8/h2-6,14H,1H3,(H2,13,15). The van der Waals surface area contributed by atoms with Crippen LogP contribution in [0.5, 0.6) is 5.75 Å². The Balaban J connectivity index is 2.59. The number of hydrogen-bond acceptors (Lipinski definition) is 3. The summed E-state index contributed by atoms with van der Waals surface area (Å²) in [6, 6.07) is 8.57. The van der Waals surface area contributed by atoms with Gasteiger partial charge in [0.2, 0.25) is 5.91 Å². The number of aromatic hydroxyl groups is 1. The van der Waals surface area contributed by atoms with E-state index in [4.69, 9.17) is 5.73 Å². The predicted octanol–water partition coefficient (Wildman–Crippen LogP) is 2.53. The molecule has 1 aromatic heterocycles. The zero-order valence-electron chi connectivity index (χ0n) is 8.73. The molecule has 4 heteroatoms. The lowest BCUT2D eigenvalue weighted by Gasteiger charge is -2.01. The van der Waals surface area contributed by atoms with Crippen molar-refractivity contribution in [3.63, 3.8) is 0 Å². The van der Waals surface area contributed by atoms with Gasteiger partial charge < -0.3 is 10.8 Å². The van der Waals surface area contributed by atoms with E-state index in [1.54, 1.807) is 24.3 Å². The Labute approximate surface area is 97.2 Å². The number of phenols is 1. The van der Waals surface area contributed by atoms with Crippen LogP contribution < -0.4 is 5.73 Å². The predicted molar refractivity (Wildman–Crippen MR) is 64.7 cm³/mol. The van der Waals surface area contributed by atoms with Crippen LogP contribution in [0.2, 0.25) is 0 Å². The van der Waals surface area contributed by atoms with Crippen LogP contribution in [-0.4, -0.2) is 11.0 Å². The first kappa shape index (κ1) is 10.7. The second-order valence-electron chi connectivity index (χ2n) is 3.51. The molecule has 0 aliphatic rings. The molecule has 82 valence electrons. The van der Waals surface area contributed by atoms with Gasteiger partial charge in [-0.05, 0) is 30.7 Å². The highest BCUT2D eigenvalue weighted by Gasteiger charge is 2.13.